The van der Waals surface area contributed by atoms with Gasteiger partial charge in [-0.15, -0.1) is 0 Å². The molecule has 4 N–H and O–H groups in total. The molecule has 0 radical (unpaired) electrons. The van der Waals surface area contributed by atoms with Gasteiger partial charge in [0, 0.05) is 44.1 Å². The lowest BCUT2D eigenvalue weighted by molar-refractivity contribution is -0.137. The van der Waals surface area contributed by atoms with Crippen LogP contribution in [-0.2, 0) is 10.9 Å². The number of thiazole rings is 1. The molecule has 3 amide bonds. The van der Waals surface area contributed by atoms with Crippen molar-refractivity contribution in [3.63, 3.8) is 0 Å². The maximum Gasteiger partial charge on any atom is 0.416 e. The molecule has 17 heteroatoms. The number of rotatable bonds is 7. The number of pyridine rings is 1. The summed E-state index contributed by atoms with van der Waals surface area (Å²) in [6.07, 6.45) is -2.58. The minimum absolute atomic E-state index is 0.0831. The van der Waals surface area contributed by atoms with E-state index in [1.54, 1.807) is 0 Å². The molecule has 0 saturated carbocycles. The first kappa shape index (κ1) is 28.2. The second kappa shape index (κ2) is 12.0. The van der Waals surface area contributed by atoms with Crippen molar-refractivity contribution < 1.29 is 36.6 Å². The topological polar surface area (TPSA) is 146 Å². The zero-order valence-corrected chi connectivity index (χ0v) is 21.9. The molecule has 4 heterocycles. The lowest BCUT2D eigenvalue weighted by Crippen LogP contribution is -2.41. The number of nitrogens with one attached hydrogen (secondary N) is 4. The van der Waals surface area contributed by atoms with E-state index in [4.69, 9.17) is 9.47 Å². The second-order valence-electron chi connectivity index (χ2n) is 8.74. The van der Waals surface area contributed by atoms with Gasteiger partial charge in [0.1, 0.15) is 11.6 Å². The molecule has 1 saturated heterocycles. The van der Waals surface area contributed by atoms with Crippen LogP contribution in [0.4, 0.5) is 38.0 Å². The van der Waals surface area contributed by atoms with Gasteiger partial charge in [0.25, 0.3) is 0 Å². The predicted octanol–water partition coefficient (Wildman–Crippen LogP) is 4.30. The van der Waals surface area contributed by atoms with Crippen molar-refractivity contribution in [2.45, 2.75) is 6.18 Å². The highest BCUT2D eigenvalue weighted by atomic mass is 32.1. The van der Waals surface area contributed by atoms with Gasteiger partial charge < -0.3 is 20.1 Å². The molecule has 1 aliphatic heterocycles. The van der Waals surface area contributed by atoms with Gasteiger partial charge in [-0.05, 0) is 18.2 Å². The molecule has 41 heavy (non-hydrogen) atoms. The summed E-state index contributed by atoms with van der Waals surface area (Å²) in [4.78, 5) is 36.0. The van der Waals surface area contributed by atoms with Crippen LogP contribution in [0, 0.1) is 5.82 Å². The first-order valence-corrected chi connectivity index (χ1v) is 13.0. The van der Waals surface area contributed by atoms with Gasteiger partial charge in [-0.1, -0.05) is 11.3 Å². The number of carbonyl (C=O) groups excluding carboxylic acids is 2. The Morgan fingerprint density at radius 1 is 1.12 bits per heavy atom. The summed E-state index contributed by atoms with van der Waals surface area (Å²) < 4.78 is 63.3. The molecule has 1 aliphatic rings. The van der Waals surface area contributed by atoms with Gasteiger partial charge in [-0.2, -0.15) is 18.3 Å². The van der Waals surface area contributed by atoms with Crippen LogP contribution < -0.4 is 20.7 Å². The molecule has 0 atom stereocenters. The third-order valence-corrected chi connectivity index (χ3v) is 6.79. The lowest BCUT2D eigenvalue weighted by Gasteiger charge is -2.26. The van der Waals surface area contributed by atoms with E-state index in [9.17, 15) is 27.2 Å². The SMILES string of the molecule is O=C(Nc1cc(F)cc(C(F)(F)F)c1)Nc1ncc(-c2cc(OC(=O)NCCN3CCOCC3)c3cn[nH]c3n2)s1. The highest BCUT2D eigenvalue weighted by molar-refractivity contribution is 7.19. The van der Waals surface area contributed by atoms with Crippen molar-refractivity contribution in [1.29, 1.82) is 0 Å². The van der Waals surface area contributed by atoms with Crippen LogP contribution in [0.3, 0.4) is 0 Å². The van der Waals surface area contributed by atoms with Crippen molar-refractivity contribution >= 4 is 45.3 Å². The van der Waals surface area contributed by atoms with Gasteiger partial charge in [0.2, 0.25) is 0 Å². The van der Waals surface area contributed by atoms with E-state index in [0.29, 0.717) is 60.0 Å². The van der Waals surface area contributed by atoms with Crippen molar-refractivity contribution in [1.82, 2.24) is 30.4 Å². The Morgan fingerprint density at radius 3 is 2.71 bits per heavy atom. The lowest BCUT2D eigenvalue weighted by atomic mass is 10.2. The van der Waals surface area contributed by atoms with Crippen LogP contribution in [0.1, 0.15) is 5.56 Å². The molecule has 1 fully saturated rings. The molecule has 0 aliphatic carbocycles. The molecule has 12 nitrogen and oxygen atoms in total. The average Bonchev–Trinajstić information content (AvgIpc) is 3.58. The first-order chi connectivity index (χ1) is 19.6. The molecule has 216 valence electrons. The highest BCUT2D eigenvalue weighted by Crippen LogP contribution is 2.34. The highest BCUT2D eigenvalue weighted by Gasteiger charge is 2.31. The van der Waals surface area contributed by atoms with Crippen molar-refractivity contribution in [2.75, 3.05) is 50.0 Å². The Balaban J connectivity index is 1.24. The molecule has 4 aromatic rings. The van der Waals surface area contributed by atoms with E-state index < -0.39 is 29.7 Å². The number of morpholine rings is 1. The molecule has 5 rings (SSSR count). The smallest absolute Gasteiger partial charge is 0.409 e. The molecular formula is C24H22F4N8O4S. The fourth-order valence-electron chi connectivity index (χ4n) is 3.92. The van der Waals surface area contributed by atoms with E-state index in [0.717, 1.165) is 30.5 Å². The van der Waals surface area contributed by atoms with Crippen LogP contribution in [0.15, 0.2) is 36.7 Å². The number of amides is 3. The zero-order chi connectivity index (χ0) is 29.0. The van der Waals surface area contributed by atoms with E-state index in [-0.39, 0.29) is 16.6 Å². The number of alkyl halides is 3. The Labute approximate surface area is 233 Å². The van der Waals surface area contributed by atoms with E-state index in [1.807, 2.05) is 0 Å². The van der Waals surface area contributed by atoms with E-state index >= 15 is 0 Å². The Hall–Kier alpha value is -4.35. The Morgan fingerprint density at radius 2 is 1.93 bits per heavy atom. The van der Waals surface area contributed by atoms with Crippen molar-refractivity contribution in [3.8, 4) is 16.3 Å². The van der Waals surface area contributed by atoms with Gasteiger partial charge in [0.05, 0.1) is 40.9 Å². The van der Waals surface area contributed by atoms with Gasteiger partial charge in [-0.25, -0.2) is 23.9 Å². The summed E-state index contributed by atoms with van der Waals surface area (Å²) >= 11 is 0.998. The number of nitrogens with zero attached hydrogens (tertiary/aromatic N) is 4. The largest absolute Gasteiger partial charge is 0.416 e. The third-order valence-electron chi connectivity index (χ3n) is 5.85. The second-order valence-corrected chi connectivity index (χ2v) is 9.77. The monoisotopic (exact) mass is 594 g/mol. The fraction of sp³-hybridized carbons (Fsp3) is 0.292. The number of benzene rings is 1. The Bertz CT molecular complexity index is 1550. The maximum absolute atomic E-state index is 13.6. The van der Waals surface area contributed by atoms with Gasteiger partial charge in [-0.3, -0.25) is 15.3 Å². The van der Waals surface area contributed by atoms with Crippen LogP contribution in [0.25, 0.3) is 21.6 Å². The Kier molecular flexibility index (Phi) is 8.27. The normalized spacial score (nSPS) is 14.1. The summed E-state index contributed by atoms with van der Waals surface area (Å²) in [5.74, 6) is -0.967. The number of H-pyrrole nitrogens is 1. The molecule has 0 unspecified atom stereocenters. The number of hydrogen-bond donors (Lipinski definition) is 4. The van der Waals surface area contributed by atoms with Crippen LogP contribution in [-0.4, -0.2) is 76.6 Å². The molecule has 0 spiro atoms. The summed E-state index contributed by atoms with van der Waals surface area (Å²) in [6, 6.07) is 2.28. The predicted molar refractivity (Wildman–Crippen MR) is 140 cm³/mol. The average molecular weight is 595 g/mol. The van der Waals surface area contributed by atoms with Gasteiger partial charge >= 0.3 is 18.3 Å². The maximum atomic E-state index is 13.6. The zero-order valence-electron chi connectivity index (χ0n) is 21.0. The van der Waals surface area contributed by atoms with Crippen LogP contribution in [0.5, 0.6) is 5.75 Å². The van der Waals surface area contributed by atoms with Gasteiger partial charge in [0.15, 0.2) is 10.8 Å². The minimum Gasteiger partial charge on any atom is -0.409 e. The number of halogens is 4. The number of ether oxygens (including phenoxy) is 2. The first-order valence-electron chi connectivity index (χ1n) is 12.2. The number of hydrogen-bond acceptors (Lipinski definition) is 9. The fourth-order valence-corrected chi connectivity index (χ4v) is 4.69. The number of carbonyl (C=O) groups is 2. The number of fused-ring (bicyclic) bond motifs is 1. The summed E-state index contributed by atoms with van der Waals surface area (Å²) in [5, 5.41) is 14.5. The molecule has 1 aromatic carbocycles. The quantitative estimate of drug-likeness (QED) is 0.232. The van der Waals surface area contributed by atoms with E-state index in [1.165, 1.54) is 18.5 Å². The summed E-state index contributed by atoms with van der Waals surface area (Å²) in [7, 11) is 0. The van der Waals surface area contributed by atoms with Crippen LogP contribution >= 0.6 is 11.3 Å². The minimum atomic E-state index is -4.78. The van der Waals surface area contributed by atoms with Crippen LogP contribution in [0.2, 0.25) is 0 Å². The number of aromatic amines is 1. The molecule has 0 bridgehead atoms. The number of urea groups is 1. The standard InChI is InChI=1S/C24H22F4N8O4S/c25-14-7-13(24(26,27)28)8-15(9-14)32-21(37)34-22-30-12-19(41-22)17-10-18(16-11-31-35-20(16)33-17)40-23(38)29-1-2-36-3-5-39-6-4-36/h7-12H,1-6H2,(H,29,38)(H,31,33,35)(H2,30,32,34,37). The third kappa shape index (κ3) is 7.24. The summed E-state index contributed by atoms with van der Waals surface area (Å²) in [5.41, 5.74) is -0.939. The number of anilines is 2. The van der Waals surface area contributed by atoms with Crippen molar-refractivity contribution in [3.05, 3.63) is 48.0 Å². The number of aromatic nitrogens is 4. The summed E-state index contributed by atoms with van der Waals surface area (Å²) in [6.45, 7) is 3.91. The van der Waals surface area contributed by atoms with E-state index in [2.05, 4.69) is 41.0 Å². The molecular weight excluding hydrogens is 572 g/mol. The van der Waals surface area contributed by atoms with Crippen molar-refractivity contribution in [2.24, 2.45) is 0 Å². The molecule has 3 aromatic heterocycles.